The molecule has 2 N–H and O–H groups in total. The molecule has 0 aliphatic rings. The van der Waals surface area contributed by atoms with Crippen LogP contribution in [0, 0.1) is 5.41 Å². The zero-order chi connectivity index (χ0) is 9.45. The van der Waals surface area contributed by atoms with Crippen molar-refractivity contribution < 1.29 is 10.2 Å². The van der Waals surface area contributed by atoms with Crippen molar-refractivity contribution in [2.24, 2.45) is 5.41 Å². The van der Waals surface area contributed by atoms with Crippen molar-refractivity contribution in [3.63, 3.8) is 0 Å². The maximum Gasteiger partial charge on any atom is 0.0431 e. The summed E-state index contributed by atoms with van der Waals surface area (Å²) in [6.07, 6.45) is 5.04. The number of aliphatic hydroxyl groups is 2. The fourth-order valence-corrected chi connectivity index (χ4v) is 1.49. The van der Waals surface area contributed by atoms with Crippen LogP contribution in [0.2, 0.25) is 0 Å². The molecule has 0 aromatic carbocycles. The van der Waals surface area contributed by atoms with Gasteiger partial charge in [-0.2, -0.15) is 0 Å². The second-order valence-electron chi connectivity index (χ2n) is 3.82. The quantitative estimate of drug-likeness (QED) is 0.619. The highest BCUT2D eigenvalue weighted by atomic mass is 16.3. The molecule has 0 radical (unpaired) electrons. The maximum absolute atomic E-state index is 8.70. The van der Waals surface area contributed by atoms with Crippen molar-refractivity contribution >= 4 is 0 Å². The van der Waals surface area contributed by atoms with Crippen molar-refractivity contribution in [2.75, 3.05) is 13.2 Å². The first-order valence-corrected chi connectivity index (χ1v) is 4.90. The molecular weight excluding hydrogens is 152 g/mol. The highest BCUT2D eigenvalue weighted by molar-refractivity contribution is 4.72. The molecule has 0 saturated carbocycles. The van der Waals surface area contributed by atoms with Crippen LogP contribution in [-0.2, 0) is 0 Å². The number of aliphatic hydroxyl groups excluding tert-OH is 2. The summed E-state index contributed by atoms with van der Waals surface area (Å²) in [6.45, 7) is 4.98. The minimum atomic E-state index is 0.286. The highest BCUT2D eigenvalue weighted by Crippen LogP contribution is 2.32. The van der Waals surface area contributed by atoms with Gasteiger partial charge in [0.25, 0.3) is 0 Å². The summed E-state index contributed by atoms with van der Waals surface area (Å²) < 4.78 is 0. The van der Waals surface area contributed by atoms with E-state index in [-0.39, 0.29) is 13.2 Å². The first-order valence-electron chi connectivity index (χ1n) is 4.90. The molecule has 0 spiro atoms. The van der Waals surface area contributed by atoms with E-state index in [1.54, 1.807) is 0 Å². The topological polar surface area (TPSA) is 40.5 Å². The summed E-state index contributed by atoms with van der Waals surface area (Å²) in [6, 6.07) is 0. The number of rotatable bonds is 7. The Bertz CT molecular complexity index is 94.0. The SMILES string of the molecule is CCC(C)(CCCO)CCCO. The first-order chi connectivity index (χ1) is 5.68. The smallest absolute Gasteiger partial charge is 0.0431 e. The third-order valence-electron chi connectivity index (χ3n) is 2.73. The van der Waals surface area contributed by atoms with E-state index in [1.165, 1.54) is 0 Å². The van der Waals surface area contributed by atoms with E-state index in [0.717, 1.165) is 32.1 Å². The van der Waals surface area contributed by atoms with E-state index >= 15 is 0 Å². The molecule has 0 bridgehead atoms. The lowest BCUT2D eigenvalue weighted by molar-refractivity contribution is 0.187. The molecule has 0 unspecified atom stereocenters. The largest absolute Gasteiger partial charge is 0.396 e. The molecule has 0 amide bonds. The molecule has 0 heterocycles. The van der Waals surface area contributed by atoms with Crippen molar-refractivity contribution in [3.05, 3.63) is 0 Å². The van der Waals surface area contributed by atoms with E-state index in [4.69, 9.17) is 10.2 Å². The van der Waals surface area contributed by atoms with Crippen molar-refractivity contribution in [1.29, 1.82) is 0 Å². The predicted molar refractivity (Wildman–Crippen MR) is 51.0 cm³/mol. The van der Waals surface area contributed by atoms with Gasteiger partial charge in [-0.25, -0.2) is 0 Å². The molecule has 0 aliphatic heterocycles. The van der Waals surface area contributed by atoms with Gasteiger partial charge in [0.15, 0.2) is 0 Å². The van der Waals surface area contributed by atoms with Gasteiger partial charge in [0, 0.05) is 13.2 Å². The lowest BCUT2D eigenvalue weighted by Crippen LogP contribution is -2.16. The van der Waals surface area contributed by atoms with Crippen molar-refractivity contribution in [2.45, 2.75) is 46.0 Å². The molecule has 2 nitrogen and oxygen atoms in total. The second-order valence-corrected chi connectivity index (χ2v) is 3.82. The van der Waals surface area contributed by atoms with Gasteiger partial charge in [-0.05, 0) is 31.1 Å². The van der Waals surface area contributed by atoms with Gasteiger partial charge >= 0.3 is 0 Å². The average Bonchev–Trinajstić information content (AvgIpc) is 2.11. The van der Waals surface area contributed by atoms with Gasteiger partial charge in [0.2, 0.25) is 0 Å². The van der Waals surface area contributed by atoms with Gasteiger partial charge in [-0.3, -0.25) is 0 Å². The van der Waals surface area contributed by atoms with Gasteiger partial charge in [-0.1, -0.05) is 20.3 Å². The van der Waals surface area contributed by atoms with Crippen LogP contribution in [0.4, 0.5) is 0 Å². The summed E-state index contributed by atoms with van der Waals surface area (Å²) in [5, 5.41) is 17.4. The monoisotopic (exact) mass is 174 g/mol. The van der Waals surface area contributed by atoms with Gasteiger partial charge in [-0.15, -0.1) is 0 Å². The zero-order valence-electron chi connectivity index (χ0n) is 8.34. The molecule has 74 valence electrons. The zero-order valence-corrected chi connectivity index (χ0v) is 8.34. The van der Waals surface area contributed by atoms with E-state index in [9.17, 15) is 0 Å². The number of hydrogen-bond donors (Lipinski definition) is 2. The fourth-order valence-electron chi connectivity index (χ4n) is 1.49. The van der Waals surface area contributed by atoms with Gasteiger partial charge in [0.1, 0.15) is 0 Å². The van der Waals surface area contributed by atoms with Gasteiger partial charge in [0.05, 0.1) is 0 Å². The number of hydrogen-bond acceptors (Lipinski definition) is 2. The lowest BCUT2D eigenvalue weighted by atomic mass is 9.79. The first kappa shape index (κ1) is 11.9. The molecule has 2 heteroatoms. The molecule has 0 aliphatic carbocycles. The second kappa shape index (κ2) is 6.44. The van der Waals surface area contributed by atoms with E-state index < -0.39 is 0 Å². The molecular formula is C10H22O2. The van der Waals surface area contributed by atoms with Gasteiger partial charge < -0.3 is 10.2 Å². The average molecular weight is 174 g/mol. The normalized spacial score (nSPS) is 12.0. The van der Waals surface area contributed by atoms with Crippen LogP contribution in [0.5, 0.6) is 0 Å². The summed E-state index contributed by atoms with van der Waals surface area (Å²) >= 11 is 0. The Hall–Kier alpha value is -0.0800. The minimum Gasteiger partial charge on any atom is -0.396 e. The van der Waals surface area contributed by atoms with Crippen LogP contribution in [0.1, 0.15) is 46.0 Å². The standard InChI is InChI=1S/C10H22O2/c1-3-10(2,6-4-8-11)7-5-9-12/h11-12H,3-9H2,1-2H3. The van der Waals surface area contributed by atoms with Crippen LogP contribution in [-0.4, -0.2) is 23.4 Å². The van der Waals surface area contributed by atoms with Crippen LogP contribution in [0.25, 0.3) is 0 Å². The molecule has 0 aromatic heterocycles. The fraction of sp³-hybridized carbons (Fsp3) is 1.00. The molecule has 0 fully saturated rings. The summed E-state index contributed by atoms with van der Waals surface area (Å²) in [4.78, 5) is 0. The van der Waals surface area contributed by atoms with Crippen LogP contribution in [0.15, 0.2) is 0 Å². The Morgan fingerprint density at radius 3 is 1.67 bits per heavy atom. The Morgan fingerprint density at radius 2 is 1.42 bits per heavy atom. The molecule has 12 heavy (non-hydrogen) atoms. The Labute approximate surface area is 75.6 Å². The van der Waals surface area contributed by atoms with Crippen molar-refractivity contribution in [3.8, 4) is 0 Å². The molecule has 0 saturated heterocycles. The van der Waals surface area contributed by atoms with Crippen LogP contribution >= 0.6 is 0 Å². The summed E-state index contributed by atoms with van der Waals surface area (Å²) in [5.41, 5.74) is 0.325. The Kier molecular flexibility index (Phi) is 6.39. The lowest BCUT2D eigenvalue weighted by Gasteiger charge is -2.27. The predicted octanol–water partition coefficient (Wildman–Crippen LogP) is 1.95. The maximum atomic E-state index is 8.70. The Morgan fingerprint density at radius 1 is 1.00 bits per heavy atom. The van der Waals surface area contributed by atoms with E-state index in [0.29, 0.717) is 5.41 Å². The summed E-state index contributed by atoms with van der Waals surface area (Å²) in [7, 11) is 0. The highest BCUT2D eigenvalue weighted by Gasteiger charge is 2.20. The van der Waals surface area contributed by atoms with E-state index in [2.05, 4.69) is 13.8 Å². The Balaban J connectivity index is 3.70. The van der Waals surface area contributed by atoms with Crippen molar-refractivity contribution in [1.82, 2.24) is 0 Å². The molecule has 0 aromatic rings. The molecule has 0 atom stereocenters. The summed E-state index contributed by atoms with van der Waals surface area (Å²) in [5.74, 6) is 0. The van der Waals surface area contributed by atoms with Crippen LogP contribution in [0.3, 0.4) is 0 Å². The minimum absolute atomic E-state index is 0.286. The van der Waals surface area contributed by atoms with E-state index in [1.807, 2.05) is 0 Å². The molecule has 0 rings (SSSR count). The third kappa shape index (κ3) is 4.73. The third-order valence-corrected chi connectivity index (χ3v) is 2.73. The van der Waals surface area contributed by atoms with Crippen LogP contribution < -0.4 is 0 Å².